The molecule has 2 amide bonds. The van der Waals surface area contributed by atoms with Gasteiger partial charge < -0.3 is 10.2 Å². The van der Waals surface area contributed by atoms with Crippen LogP contribution in [0, 0.1) is 40.3 Å². The molecule has 5 heteroatoms. The number of amides is 2. The van der Waals surface area contributed by atoms with Crippen molar-refractivity contribution in [3.8, 4) is 0 Å². The summed E-state index contributed by atoms with van der Waals surface area (Å²) in [5.74, 6) is 1.84. The van der Waals surface area contributed by atoms with Crippen molar-refractivity contribution in [2.45, 2.75) is 65.0 Å². The second kappa shape index (κ2) is 7.71. The molecule has 1 aromatic rings. The summed E-state index contributed by atoms with van der Waals surface area (Å²) in [7, 11) is 1.96. The molecule has 0 aromatic heterocycles. The minimum Gasteiger partial charge on any atom is -0.352 e. The van der Waals surface area contributed by atoms with Gasteiger partial charge >= 0.3 is 0 Å². The van der Waals surface area contributed by atoms with Gasteiger partial charge in [0.1, 0.15) is 5.82 Å². The molecule has 3 saturated carbocycles. The van der Waals surface area contributed by atoms with Crippen molar-refractivity contribution >= 4 is 11.8 Å². The molecular weight excluding hydrogens is 403 g/mol. The number of likely N-dealkylation sites (N-methyl/N-ethyl adjacent to an activating group) is 1. The van der Waals surface area contributed by atoms with E-state index in [1.54, 1.807) is 18.2 Å². The van der Waals surface area contributed by atoms with Crippen LogP contribution < -0.4 is 5.32 Å². The molecule has 1 heterocycles. The van der Waals surface area contributed by atoms with Gasteiger partial charge in [-0.2, -0.15) is 0 Å². The molecule has 0 unspecified atom stereocenters. The maximum Gasteiger partial charge on any atom is 0.246 e. The van der Waals surface area contributed by atoms with Gasteiger partial charge in [0, 0.05) is 31.0 Å². The Balaban J connectivity index is 1.31. The fourth-order valence-electron chi connectivity index (χ4n) is 8.08. The highest BCUT2D eigenvalue weighted by Gasteiger charge is 2.61. The lowest BCUT2D eigenvalue weighted by atomic mass is 9.47. The summed E-state index contributed by atoms with van der Waals surface area (Å²) < 4.78 is 13.2. The predicted molar refractivity (Wildman–Crippen MR) is 122 cm³/mol. The Labute approximate surface area is 190 Å². The Kier molecular flexibility index (Phi) is 5.22. The van der Waals surface area contributed by atoms with Gasteiger partial charge in [-0.25, -0.2) is 4.39 Å². The second-order valence-corrected chi connectivity index (χ2v) is 11.1. The molecule has 1 N–H and O–H groups in total. The highest BCUT2D eigenvalue weighted by molar-refractivity contribution is 5.89. The first kappa shape index (κ1) is 21.7. The van der Waals surface area contributed by atoms with Crippen LogP contribution in [0.25, 0.3) is 0 Å². The van der Waals surface area contributed by atoms with Crippen molar-refractivity contribution in [1.29, 1.82) is 0 Å². The Bertz CT molecular complexity index is 943. The van der Waals surface area contributed by atoms with Crippen molar-refractivity contribution in [1.82, 2.24) is 10.2 Å². The second-order valence-electron chi connectivity index (χ2n) is 11.1. The minimum absolute atomic E-state index is 0.0375. The molecular formula is C27H35FN2O2. The molecule has 0 bridgehead atoms. The lowest BCUT2D eigenvalue weighted by molar-refractivity contribution is -0.142. The molecule has 3 aliphatic carbocycles. The summed E-state index contributed by atoms with van der Waals surface area (Å²) in [6.07, 6.45) is 10.5. The van der Waals surface area contributed by atoms with E-state index in [9.17, 15) is 14.0 Å². The summed E-state index contributed by atoms with van der Waals surface area (Å²) >= 11 is 0. The van der Waals surface area contributed by atoms with Crippen LogP contribution >= 0.6 is 0 Å². The van der Waals surface area contributed by atoms with Crippen molar-refractivity contribution in [3.05, 3.63) is 47.8 Å². The first-order valence-corrected chi connectivity index (χ1v) is 12.2. The molecule has 1 aromatic carbocycles. The quantitative estimate of drug-likeness (QED) is 0.744. The number of hydrogen-bond donors (Lipinski definition) is 1. The Morgan fingerprint density at radius 2 is 1.84 bits per heavy atom. The third kappa shape index (κ3) is 3.22. The van der Waals surface area contributed by atoms with Crippen LogP contribution in [-0.4, -0.2) is 29.8 Å². The SMILES string of the molecule is CN1C(=O)C=C[C@]2(C)[C@H]3CC[C@]4(C)[C@@H](C(=O)NCc5ccc(F)cc5)CC[C@H]4[C@@H]3CC[C@@H]12. The largest absolute Gasteiger partial charge is 0.352 e. The monoisotopic (exact) mass is 438 g/mol. The van der Waals surface area contributed by atoms with E-state index in [1.165, 1.54) is 12.1 Å². The van der Waals surface area contributed by atoms with Gasteiger partial charge in [-0.1, -0.05) is 32.1 Å². The molecule has 4 nitrogen and oxygen atoms in total. The fourth-order valence-corrected chi connectivity index (χ4v) is 8.08. The van der Waals surface area contributed by atoms with Crippen LogP contribution in [0.1, 0.15) is 57.9 Å². The molecule has 172 valence electrons. The number of halogens is 1. The maximum absolute atomic E-state index is 13.2. The first-order chi connectivity index (χ1) is 15.2. The van der Waals surface area contributed by atoms with E-state index in [2.05, 4.69) is 25.2 Å². The zero-order chi connectivity index (χ0) is 22.7. The zero-order valence-electron chi connectivity index (χ0n) is 19.4. The number of rotatable bonds is 3. The van der Waals surface area contributed by atoms with Crippen LogP contribution in [0.2, 0.25) is 0 Å². The number of benzene rings is 1. The van der Waals surface area contributed by atoms with Crippen molar-refractivity contribution in [2.24, 2.45) is 34.5 Å². The van der Waals surface area contributed by atoms with Crippen LogP contribution in [0.3, 0.4) is 0 Å². The average molecular weight is 439 g/mol. The lowest BCUT2D eigenvalue weighted by Gasteiger charge is -2.60. The van der Waals surface area contributed by atoms with E-state index >= 15 is 0 Å². The topological polar surface area (TPSA) is 49.4 Å². The number of fused-ring (bicyclic) bond motifs is 5. The maximum atomic E-state index is 13.2. The molecule has 4 aliphatic rings. The summed E-state index contributed by atoms with van der Waals surface area (Å²) in [4.78, 5) is 27.5. The molecule has 0 saturated heterocycles. The normalized spacial score (nSPS) is 40.4. The lowest BCUT2D eigenvalue weighted by Crippen LogP contribution is -2.59. The summed E-state index contributed by atoms with van der Waals surface area (Å²) in [6, 6.07) is 6.65. The zero-order valence-corrected chi connectivity index (χ0v) is 19.4. The van der Waals surface area contributed by atoms with Gasteiger partial charge in [-0.15, -0.1) is 0 Å². The number of nitrogens with one attached hydrogen (secondary N) is 1. The average Bonchev–Trinajstić information content (AvgIpc) is 3.13. The first-order valence-electron chi connectivity index (χ1n) is 12.2. The van der Waals surface area contributed by atoms with E-state index in [0.29, 0.717) is 30.3 Å². The Morgan fingerprint density at radius 1 is 1.09 bits per heavy atom. The molecule has 1 aliphatic heterocycles. The molecule has 32 heavy (non-hydrogen) atoms. The Morgan fingerprint density at radius 3 is 2.59 bits per heavy atom. The molecule has 0 radical (unpaired) electrons. The van der Waals surface area contributed by atoms with E-state index < -0.39 is 0 Å². The standard InChI is InChI=1S/C27H35FN2O2/c1-26-14-12-21-19(8-11-23-27(21,2)15-13-24(31)30(23)3)20(26)9-10-22(26)25(32)29-16-17-4-6-18(28)7-5-17/h4-7,13,15,19-23H,8-12,14,16H2,1-3H3,(H,29,32)/t19-,20-,21-,22+,23+,26-,27+/m0/s1. The van der Waals surface area contributed by atoms with Crippen LogP contribution in [0.5, 0.6) is 0 Å². The highest BCUT2D eigenvalue weighted by atomic mass is 19.1. The molecule has 7 atom stereocenters. The molecule has 3 fully saturated rings. The number of carbonyl (C=O) groups excluding carboxylic acids is 2. The van der Waals surface area contributed by atoms with Gasteiger partial charge in [-0.05, 0) is 85.5 Å². The summed E-state index contributed by atoms with van der Waals surface area (Å²) in [5.41, 5.74) is 1.00. The summed E-state index contributed by atoms with van der Waals surface area (Å²) in [5, 5.41) is 3.14. The van der Waals surface area contributed by atoms with E-state index in [0.717, 1.165) is 44.1 Å². The van der Waals surface area contributed by atoms with Crippen LogP contribution in [0.4, 0.5) is 4.39 Å². The molecule has 5 rings (SSSR count). The number of hydrogen-bond acceptors (Lipinski definition) is 2. The summed E-state index contributed by atoms with van der Waals surface area (Å²) in [6.45, 7) is 5.16. The van der Waals surface area contributed by atoms with E-state index in [4.69, 9.17) is 0 Å². The fraction of sp³-hybridized carbons (Fsp3) is 0.630. The van der Waals surface area contributed by atoms with Gasteiger partial charge in [-0.3, -0.25) is 9.59 Å². The Hall–Kier alpha value is -2.17. The van der Waals surface area contributed by atoms with Gasteiger partial charge in [0.2, 0.25) is 11.8 Å². The van der Waals surface area contributed by atoms with Crippen molar-refractivity contribution < 1.29 is 14.0 Å². The highest BCUT2D eigenvalue weighted by Crippen LogP contribution is 2.65. The smallest absolute Gasteiger partial charge is 0.246 e. The third-order valence-electron chi connectivity index (χ3n) is 9.82. The van der Waals surface area contributed by atoms with E-state index in [-0.39, 0.29) is 34.4 Å². The number of nitrogens with zero attached hydrogens (tertiary/aromatic N) is 1. The third-order valence-corrected chi connectivity index (χ3v) is 9.82. The molecule has 0 spiro atoms. The van der Waals surface area contributed by atoms with Gasteiger partial charge in [0.15, 0.2) is 0 Å². The van der Waals surface area contributed by atoms with Crippen molar-refractivity contribution in [2.75, 3.05) is 7.05 Å². The minimum atomic E-state index is -0.255. The van der Waals surface area contributed by atoms with Crippen LogP contribution in [-0.2, 0) is 16.1 Å². The number of carbonyl (C=O) groups is 2. The van der Waals surface area contributed by atoms with Gasteiger partial charge in [0.05, 0.1) is 0 Å². The van der Waals surface area contributed by atoms with E-state index in [1.807, 2.05) is 11.9 Å². The van der Waals surface area contributed by atoms with Crippen LogP contribution in [0.15, 0.2) is 36.4 Å². The van der Waals surface area contributed by atoms with Crippen molar-refractivity contribution in [3.63, 3.8) is 0 Å². The predicted octanol–water partition coefficient (Wildman–Crippen LogP) is 4.70. The van der Waals surface area contributed by atoms with Gasteiger partial charge in [0.25, 0.3) is 0 Å².